The molecule has 1 aliphatic rings. The first-order chi connectivity index (χ1) is 14.6. The Balaban J connectivity index is 1.71. The Labute approximate surface area is 181 Å². The molecule has 31 heavy (non-hydrogen) atoms. The quantitative estimate of drug-likeness (QED) is 0.443. The van der Waals surface area contributed by atoms with E-state index in [1.807, 2.05) is 0 Å². The van der Waals surface area contributed by atoms with Gasteiger partial charge in [-0.2, -0.15) is 18.3 Å². The van der Waals surface area contributed by atoms with Gasteiger partial charge in [0.25, 0.3) is 5.56 Å². The van der Waals surface area contributed by atoms with Gasteiger partial charge in [0.05, 0.1) is 29.7 Å². The number of nitrogens with zero attached hydrogens (tertiary/aromatic N) is 4. The van der Waals surface area contributed by atoms with Crippen LogP contribution < -0.4 is 16.2 Å². The summed E-state index contributed by atoms with van der Waals surface area (Å²) in [6.07, 6.45) is -2.96. The smallest absolute Gasteiger partial charge is 0.368 e. The number of hydrogen-bond donors (Lipinski definition) is 2. The number of aromatic amines is 1. The summed E-state index contributed by atoms with van der Waals surface area (Å²) in [4.78, 5) is 21.6. The number of halogens is 5. The first-order valence-electron chi connectivity index (χ1n) is 8.81. The fraction of sp³-hybridized carbons (Fsp3) is 0.222. The van der Waals surface area contributed by atoms with Gasteiger partial charge in [-0.05, 0) is 24.6 Å². The molecule has 0 bridgehead atoms. The van der Waals surface area contributed by atoms with Gasteiger partial charge in [-0.3, -0.25) is 4.79 Å². The molecule has 1 aliphatic heterocycles. The fourth-order valence-corrected chi connectivity index (χ4v) is 4.54. The molecule has 3 N–H and O–H groups in total. The molecular weight excluding hydrogens is 460 g/mol. The molecule has 3 aromatic rings. The van der Waals surface area contributed by atoms with E-state index < -0.39 is 23.1 Å². The predicted octanol–water partition coefficient (Wildman–Crippen LogP) is 3.67. The maximum atomic E-state index is 13.4. The Hall–Kier alpha value is -2.86. The lowest BCUT2D eigenvalue weighted by atomic mass is 10.1. The van der Waals surface area contributed by atoms with Gasteiger partial charge < -0.3 is 10.6 Å². The number of nitrogens with two attached hydrogens (primary N) is 1. The number of fused-ring (bicyclic) bond motifs is 1. The lowest BCUT2D eigenvalue weighted by Gasteiger charge is -2.30. The summed E-state index contributed by atoms with van der Waals surface area (Å²) < 4.78 is 53.5. The molecule has 3 heterocycles. The van der Waals surface area contributed by atoms with Crippen LogP contribution in [0.15, 0.2) is 39.1 Å². The van der Waals surface area contributed by atoms with E-state index in [1.165, 1.54) is 6.20 Å². The zero-order valence-electron chi connectivity index (χ0n) is 15.5. The van der Waals surface area contributed by atoms with E-state index in [9.17, 15) is 22.4 Å². The van der Waals surface area contributed by atoms with Crippen LogP contribution in [0.3, 0.4) is 0 Å². The van der Waals surface area contributed by atoms with Crippen LogP contribution >= 0.6 is 23.4 Å². The fourth-order valence-electron chi connectivity index (χ4n) is 3.22. The van der Waals surface area contributed by atoms with Gasteiger partial charge in [0, 0.05) is 17.0 Å². The van der Waals surface area contributed by atoms with Gasteiger partial charge in [-0.1, -0.05) is 23.4 Å². The highest BCUT2D eigenvalue weighted by Gasteiger charge is 2.35. The predicted molar refractivity (Wildman–Crippen MR) is 107 cm³/mol. The highest BCUT2D eigenvalue weighted by molar-refractivity contribution is 7.99. The number of H-pyrrole nitrogens is 1. The van der Waals surface area contributed by atoms with Gasteiger partial charge in [-0.15, -0.1) is 0 Å². The van der Waals surface area contributed by atoms with E-state index in [-0.39, 0.29) is 27.4 Å². The van der Waals surface area contributed by atoms with Crippen molar-refractivity contribution in [3.05, 3.63) is 62.4 Å². The number of rotatable bonds is 3. The number of hydrogen-bond acceptors (Lipinski definition) is 7. The molecule has 13 heteroatoms. The SMILES string of the molecule is Nc1nc2c(c(Sc3ccc(F)cc3C(F)(F)F)n1)CCN(c1cn[nH]c(=O)c1Cl)C2. The van der Waals surface area contributed by atoms with Crippen molar-refractivity contribution in [2.45, 2.75) is 29.1 Å². The molecule has 0 amide bonds. The topological polar surface area (TPSA) is 101 Å². The number of anilines is 2. The van der Waals surface area contributed by atoms with E-state index >= 15 is 0 Å². The highest BCUT2D eigenvalue weighted by atomic mass is 35.5. The van der Waals surface area contributed by atoms with Crippen molar-refractivity contribution in [3.8, 4) is 0 Å². The molecule has 0 saturated carbocycles. The summed E-state index contributed by atoms with van der Waals surface area (Å²) in [7, 11) is 0. The van der Waals surface area contributed by atoms with Crippen LogP contribution in [0.5, 0.6) is 0 Å². The van der Waals surface area contributed by atoms with Crippen molar-refractivity contribution in [1.82, 2.24) is 20.2 Å². The van der Waals surface area contributed by atoms with Crippen molar-refractivity contribution in [2.75, 3.05) is 17.2 Å². The molecule has 0 saturated heterocycles. The van der Waals surface area contributed by atoms with E-state index in [1.54, 1.807) is 4.90 Å². The van der Waals surface area contributed by atoms with Crippen molar-refractivity contribution in [1.29, 1.82) is 0 Å². The first kappa shape index (κ1) is 21.4. The van der Waals surface area contributed by atoms with E-state index in [0.717, 1.165) is 23.9 Å². The minimum Gasteiger partial charge on any atom is -0.368 e. The highest BCUT2D eigenvalue weighted by Crippen LogP contribution is 2.41. The van der Waals surface area contributed by atoms with Crippen molar-refractivity contribution in [3.63, 3.8) is 0 Å². The third kappa shape index (κ3) is 4.30. The molecule has 4 rings (SSSR count). The second-order valence-corrected chi connectivity index (χ2v) is 8.03. The maximum Gasteiger partial charge on any atom is 0.417 e. The largest absolute Gasteiger partial charge is 0.417 e. The molecule has 2 aromatic heterocycles. The Kier molecular flexibility index (Phi) is 5.52. The second kappa shape index (κ2) is 8.00. The average molecular weight is 473 g/mol. The Bertz CT molecular complexity index is 1220. The van der Waals surface area contributed by atoms with Crippen LogP contribution in [-0.2, 0) is 19.1 Å². The average Bonchev–Trinajstić information content (AvgIpc) is 2.70. The van der Waals surface area contributed by atoms with Crippen molar-refractivity contribution < 1.29 is 17.6 Å². The lowest BCUT2D eigenvalue weighted by molar-refractivity contribution is -0.139. The van der Waals surface area contributed by atoms with Gasteiger partial charge in [0.1, 0.15) is 15.9 Å². The maximum absolute atomic E-state index is 13.4. The Morgan fingerprint density at radius 1 is 1.26 bits per heavy atom. The second-order valence-electron chi connectivity index (χ2n) is 6.62. The molecule has 7 nitrogen and oxygen atoms in total. The minimum atomic E-state index is -4.73. The molecule has 0 fully saturated rings. The number of alkyl halides is 3. The van der Waals surface area contributed by atoms with Gasteiger partial charge in [0.15, 0.2) is 0 Å². The molecule has 0 spiro atoms. The Morgan fingerprint density at radius 2 is 2.03 bits per heavy atom. The van der Waals surface area contributed by atoms with E-state index in [2.05, 4.69) is 20.2 Å². The number of benzene rings is 1. The van der Waals surface area contributed by atoms with E-state index in [0.29, 0.717) is 36.0 Å². The first-order valence-corrected chi connectivity index (χ1v) is 10.0. The Morgan fingerprint density at radius 3 is 2.77 bits per heavy atom. The van der Waals surface area contributed by atoms with Crippen LogP contribution in [-0.4, -0.2) is 26.7 Å². The van der Waals surface area contributed by atoms with Gasteiger partial charge in [-0.25, -0.2) is 19.5 Å². The molecule has 0 aliphatic carbocycles. The monoisotopic (exact) mass is 472 g/mol. The summed E-state index contributed by atoms with van der Waals surface area (Å²) in [5, 5.41) is 6.21. The summed E-state index contributed by atoms with van der Waals surface area (Å²) in [6, 6.07) is 2.46. The zero-order valence-corrected chi connectivity index (χ0v) is 17.1. The van der Waals surface area contributed by atoms with Gasteiger partial charge in [0.2, 0.25) is 5.95 Å². The summed E-state index contributed by atoms with van der Waals surface area (Å²) in [5.74, 6) is -1.10. The standard InChI is InChI=1S/C18H13ClF4N6OS/c19-14-12(6-25-28-15(14)30)29-4-3-9-11(7-29)26-17(24)27-16(9)31-13-2-1-8(20)5-10(13)18(21,22)23/h1-2,5-6H,3-4,7H2,(H,28,30)(H2,24,26,27). The molecule has 0 atom stereocenters. The number of nitrogen functional groups attached to an aromatic ring is 1. The van der Waals surface area contributed by atoms with Crippen LogP contribution in [0.2, 0.25) is 5.02 Å². The summed E-state index contributed by atoms with van der Waals surface area (Å²) >= 11 is 6.82. The molecule has 162 valence electrons. The van der Waals surface area contributed by atoms with Crippen LogP contribution in [0, 0.1) is 5.82 Å². The number of nitrogens with one attached hydrogen (secondary N) is 1. The lowest BCUT2D eigenvalue weighted by Crippen LogP contribution is -2.33. The van der Waals surface area contributed by atoms with E-state index in [4.69, 9.17) is 17.3 Å². The molecule has 1 aromatic carbocycles. The van der Waals surface area contributed by atoms with Crippen molar-refractivity contribution in [2.24, 2.45) is 0 Å². The number of aromatic nitrogens is 4. The van der Waals surface area contributed by atoms with Crippen molar-refractivity contribution >= 4 is 35.0 Å². The van der Waals surface area contributed by atoms with Crippen LogP contribution in [0.1, 0.15) is 16.8 Å². The molecule has 0 radical (unpaired) electrons. The minimum absolute atomic E-state index is 0.0313. The molecular formula is C18H13ClF4N6OS. The summed E-state index contributed by atoms with van der Waals surface area (Å²) in [6.45, 7) is 0.601. The third-order valence-corrected chi connectivity index (χ3v) is 6.09. The van der Waals surface area contributed by atoms with Crippen LogP contribution in [0.25, 0.3) is 0 Å². The normalized spacial score (nSPS) is 13.9. The van der Waals surface area contributed by atoms with Gasteiger partial charge >= 0.3 is 6.18 Å². The zero-order chi connectivity index (χ0) is 22.3. The third-order valence-electron chi connectivity index (χ3n) is 4.62. The van der Waals surface area contributed by atoms with Crippen LogP contribution in [0.4, 0.5) is 29.2 Å². The molecule has 0 unspecified atom stereocenters. The summed E-state index contributed by atoms with van der Waals surface area (Å²) in [5.41, 5.74) is 5.68.